The molecule has 0 unspecified atom stereocenters. The quantitative estimate of drug-likeness (QED) is 0.846. The van der Waals surface area contributed by atoms with E-state index >= 15 is 0 Å². The summed E-state index contributed by atoms with van der Waals surface area (Å²) >= 11 is 0. The van der Waals surface area contributed by atoms with E-state index in [0.29, 0.717) is 13.0 Å². The largest absolute Gasteiger partial charge is 0.324 e. The molecule has 1 aromatic carbocycles. The number of amides is 1. The lowest BCUT2D eigenvalue weighted by molar-refractivity contribution is -0.119. The van der Waals surface area contributed by atoms with Crippen molar-refractivity contribution in [3.8, 4) is 0 Å². The highest BCUT2D eigenvalue weighted by atomic mass is 19.1. The van der Waals surface area contributed by atoms with Crippen LogP contribution in [0.25, 0.3) is 0 Å². The molecule has 98 valence electrons. The third kappa shape index (κ3) is 2.88. The number of hydrogen-bond donors (Lipinski definition) is 2. The number of alkyl halides is 1. The Morgan fingerprint density at radius 1 is 1.39 bits per heavy atom. The summed E-state index contributed by atoms with van der Waals surface area (Å²) in [6.45, 7) is 4.47. The average Bonchev–Trinajstić information content (AvgIpc) is 2.34. The second kappa shape index (κ2) is 5.48. The van der Waals surface area contributed by atoms with Crippen molar-refractivity contribution in [3.63, 3.8) is 0 Å². The normalized spacial score (nSPS) is 23.7. The van der Waals surface area contributed by atoms with Crippen LogP contribution in [-0.2, 0) is 4.79 Å². The summed E-state index contributed by atoms with van der Waals surface area (Å²) in [5.74, 6) is -0.144. The zero-order chi connectivity index (χ0) is 13.1. The van der Waals surface area contributed by atoms with Gasteiger partial charge in [0.15, 0.2) is 0 Å². The van der Waals surface area contributed by atoms with Crippen molar-refractivity contribution < 1.29 is 9.18 Å². The Balaban J connectivity index is 2.07. The summed E-state index contributed by atoms with van der Waals surface area (Å²) in [6, 6.07) is 5.44. The van der Waals surface area contributed by atoms with Crippen molar-refractivity contribution in [2.24, 2.45) is 0 Å². The summed E-state index contributed by atoms with van der Waals surface area (Å²) in [5.41, 5.74) is 2.89. The zero-order valence-corrected chi connectivity index (χ0v) is 10.8. The molecule has 0 aliphatic carbocycles. The van der Waals surface area contributed by atoms with Gasteiger partial charge in [-0.1, -0.05) is 18.2 Å². The van der Waals surface area contributed by atoms with Gasteiger partial charge in [-0.05, 0) is 37.9 Å². The Kier molecular flexibility index (Phi) is 3.97. The summed E-state index contributed by atoms with van der Waals surface area (Å²) in [4.78, 5) is 12.1. The van der Waals surface area contributed by atoms with Crippen LogP contribution in [0.2, 0.25) is 0 Å². The first-order valence-electron chi connectivity index (χ1n) is 6.32. The maximum absolute atomic E-state index is 13.3. The van der Waals surface area contributed by atoms with Crippen LogP contribution in [0.4, 0.5) is 10.1 Å². The van der Waals surface area contributed by atoms with Gasteiger partial charge in [0.05, 0.1) is 6.04 Å². The molecule has 0 aromatic heterocycles. The molecule has 0 radical (unpaired) electrons. The van der Waals surface area contributed by atoms with Crippen molar-refractivity contribution in [2.75, 3.05) is 11.9 Å². The number of anilines is 1. The Hall–Kier alpha value is -1.42. The fourth-order valence-corrected chi connectivity index (χ4v) is 2.29. The van der Waals surface area contributed by atoms with E-state index in [4.69, 9.17) is 0 Å². The molecule has 1 amide bonds. The van der Waals surface area contributed by atoms with Crippen molar-refractivity contribution in [3.05, 3.63) is 29.3 Å². The topological polar surface area (TPSA) is 41.1 Å². The molecule has 18 heavy (non-hydrogen) atoms. The highest BCUT2D eigenvalue weighted by Crippen LogP contribution is 2.21. The highest BCUT2D eigenvalue weighted by molar-refractivity contribution is 5.96. The maximum atomic E-state index is 13.3. The summed E-state index contributed by atoms with van der Waals surface area (Å²) in [6.07, 6.45) is -0.121. The molecular weight excluding hydrogens is 231 g/mol. The second-order valence-electron chi connectivity index (χ2n) is 4.88. The van der Waals surface area contributed by atoms with Gasteiger partial charge in [-0.25, -0.2) is 4.39 Å². The van der Waals surface area contributed by atoms with Crippen LogP contribution in [-0.4, -0.2) is 24.7 Å². The Bertz CT molecular complexity index is 427. The first kappa shape index (κ1) is 13.0. The molecule has 0 spiro atoms. The first-order valence-corrected chi connectivity index (χ1v) is 6.32. The minimum absolute atomic E-state index is 0.144. The first-order chi connectivity index (χ1) is 8.58. The van der Waals surface area contributed by atoms with E-state index < -0.39 is 12.2 Å². The molecule has 0 bridgehead atoms. The Labute approximate surface area is 107 Å². The average molecular weight is 250 g/mol. The van der Waals surface area contributed by atoms with Crippen LogP contribution in [0, 0.1) is 13.8 Å². The van der Waals surface area contributed by atoms with Crippen LogP contribution in [0.15, 0.2) is 18.2 Å². The van der Waals surface area contributed by atoms with E-state index in [0.717, 1.165) is 16.8 Å². The Morgan fingerprint density at radius 3 is 2.67 bits per heavy atom. The molecule has 0 saturated carbocycles. The van der Waals surface area contributed by atoms with Crippen molar-refractivity contribution in [1.29, 1.82) is 0 Å². The molecular formula is C14H19FN2O. The van der Waals surface area contributed by atoms with Crippen molar-refractivity contribution in [1.82, 2.24) is 5.32 Å². The van der Waals surface area contributed by atoms with Crippen LogP contribution >= 0.6 is 0 Å². The zero-order valence-electron chi connectivity index (χ0n) is 10.8. The summed E-state index contributed by atoms with van der Waals surface area (Å²) in [7, 11) is 0. The van der Waals surface area contributed by atoms with E-state index in [1.165, 1.54) is 0 Å². The predicted octanol–water partition coefficient (Wildman–Crippen LogP) is 2.33. The number of benzene rings is 1. The molecule has 1 saturated heterocycles. The van der Waals surface area contributed by atoms with Crippen LogP contribution in [0.1, 0.15) is 24.0 Å². The van der Waals surface area contributed by atoms with Crippen LogP contribution < -0.4 is 10.6 Å². The molecule has 1 aliphatic heterocycles. The minimum Gasteiger partial charge on any atom is -0.324 e. The van der Waals surface area contributed by atoms with E-state index in [9.17, 15) is 9.18 Å². The number of aryl methyl sites for hydroxylation is 2. The molecule has 2 rings (SSSR count). The second-order valence-corrected chi connectivity index (χ2v) is 4.88. The Morgan fingerprint density at radius 2 is 2.06 bits per heavy atom. The van der Waals surface area contributed by atoms with Gasteiger partial charge in [-0.2, -0.15) is 0 Å². The monoisotopic (exact) mass is 250 g/mol. The van der Waals surface area contributed by atoms with Crippen LogP contribution in [0.3, 0.4) is 0 Å². The van der Waals surface area contributed by atoms with Gasteiger partial charge in [0.25, 0.3) is 0 Å². The molecule has 4 heteroatoms. The molecule has 2 N–H and O–H groups in total. The number of halogens is 1. The van der Waals surface area contributed by atoms with Crippen molar-refractivity contribution in [2.45, 2.75) is 38.9 Å². The SMILES string of the molecule is Cc1cccc(C)c1NC(=O)[C@@H]1C[C@@H](F)CCN1. The van der Waals surface area contributed by atoms with E-state index in [2.05, 4.69) is 10.6 Å². The van der Waals surface area contributed by atoms with Gasteiger partial charge in [0, 0.05) is 12.1 Å². The third-order valence-electron chi connectivity index (χ3n) is 3.39. The highest BCUT2D eigenvalue weighted by Gasteiger charge is 2.26. The molecule has 1 aromatic rings. The van der Waals surface area contributed by atoms with Gasteiger partial charge in [-0.3, -0.25) is 4.79 Å². The third-order valence-corrected chi connectivity index (χ3v) is 3.39. The number of piperidine rings is 1. The van der Waals surface area contributed by atoms with Gasteiger partial charge in [0.2, 0.25) is 5.91 Å². The molecule has 1 fully saturated rings. The maximum Gasteiger partial charge on any atom is 0.241 e. The minimum atomic E-state index is -0.875. The lowest BCUT2D eigenvalue weighted by Crippen LogP contribution is -2.46. The van der Waals surface area contributed by atoms with E-state index in [-0.39, 0.29) is 12.3 Å². The summed E-state index contributed by atoms with van der Waals surface area (Å²) in [5, 5.41) is 5.96. The smallest absolute Gasteiger partial charge is 0.241 e. The molecule has 1 aliphatic rings. The fraction of sp³-hybridized carbons (Fsp3) is 0.500. The van der Waals surface area contributed by atoms with Gasteiger partial charge in [0.1, 0.15) is 6.17 Å². The fourth-order valence-electron chi connectivity index (χ4n) is 2.29. The van der Waals surface area contributed by atoms with Gasteiger partial charge >= 0.3 is 0 Å². The van der Waals surface area contributed by atoms with Crippen LogP contribution in [0.5, 0.6) is 0 Å². The van der Waals surface area contributed by atoms with Gasteiger partial charge in [-0.15, -0.1) is 0 Å². The molecule has 3 nitrogen and oxygen atoms in total. The number of hydrogen-bond acceptors (Lipinski definition) is 2. The molecule has 2 atom stereocenters. The van der Waals surface area contributed by atoms with Crippen molar-refractivity contribution >= 4 is 11.6 Å². The predicted molar refractivity (Wildman–Crippen MR) is 70.5 cm³/mol. The lowest BCUT2D eigenvalue weighted by atomic mass is 10.0. The van der Waals surface area contributed by atoms with E-state index in [1.807, 2.05) is 32.0 Å². The number of carbonyl (C=O) groups is 1. The summed E-state index contributed by atoms with van der Waals surface area (Å²) < 4.78 is 13.3. The van der Waals surface area contributed by atoms with E-state index in [1.54, 1.807) is 0 Å². The number of para-hydroxylation sites is 1. The van der Waals surface area contributed by atoms with Gasteiger partial charge < -0.3 is 10.6 Å². The lowest BCUT2D eigenvalue weighted by Gasteiger charge is -2.25. The molecule has 1 heterocycles. The standard InChI is InChI=1S/C14H19FN2O/c1-9-4-3-5-10(2)13(9)17-14(18)12-8-11(15)6-7-16-12/h3-5,11-12,16H,6-8H2,1-2H3,(H,17,18)/t11-,12-/m0/s1. The number of rotatable bonds is 2. The number of carbonyl (C=O) groups excluding carboxylic acids is 1. The number of nitrogens with one attached hydrogen (secondary N) is 2.